The number of hydrogen-bond donors (Lipinski definition) is 1. The molecule has 0 bridgehead atoms. The molecular formula is C34H40N2O3. The van der Waals surface area contributed by atoms with Crippen LogP contribution in [0.3, 0.4) is 0 Å². The number of nitrogens with zero attached hydrogens (tertiary/aromatic N) is 2. The molecule has 3 aromatic carbocycles. The van der Waals surface area contributed by atoms with Crippen LogP contribution in [0.2, 0.25) is 0 Å². The van der Waals surface area contributed by atoms with Crippen molar-refractivity contribution in [2.24, 2.45) is 5.92 Å². The van der Waals surface area contributed by atoms with Crippen molar-refractivity contribution in [2.45, 2.75) is 52.2 Å². The van der Waals surface area contributed by atoms with Crippen molar-refractivity contribution in [2.75, 3.05) is 37.7 Å². The molecule has 3 aliphatic rings. The summed E-state index contributed by atoms with van der Waals surface area (Å²) >= 11 is 0. The predicted octanol–water partition coefficient (Wildman–Crippen LogP) is 7.17. The average molecular weight is 525 g/mol. The molecular weight excluding hydrogens is 484 g/mol. The van der Waals surface area contributed by atoms with E-state index in [-0.39, 0.29) is 11.9 Å². The summed E-state index contributed by atoms with van der Waals surface area (Å²) in [7, 11) is 0. The monoisotopic (exact) mass is 524 g/mol. The van der Waals surface area contributed by atoms with E-state index in [1.165, 1.54) is 24.9 Å². The number of benzene rings is 3. The van der Waals surface area contributed by atoms with Gasteiger partial charge >= 0.3 is 0 Å². The molecule has 6 rings (SSSR count). The number of hydrogen-bond acceptors (Lipinski definition) is 5. The molecule has 0 aliphatic carbocycles. The van der Waals surface area contributed by atoms with E-state index in [4.69, 9.17) is 9.47 Å². The Labute approximate surface area is 232 Å². The summed E-state index contributed by atoms with van der Waals surface area (Å²) < 4.78 is 12.9. The van der Waals surface area contributed by atoms with Crippen LogP contribution >= 0.6 is 0 Å². The topological polar surface area (TPSA) is 45.2 Å². The van der Waals surface area contributed by atoms with Crippen molar-refractivity contribution in [3.8, 4) is 17.2 Å². The molecule has 2 saturated heterocycles. The minimum absolute atomic E-state index is 0.249. The molecule has 3 heterocycles. The SMILES string of the molecule is CC1=C(c2cccc(N3CCCC3)c2)C(c2ccc(OC[C@H](C)N3CC[C@@H](C)C3)cc2)Oc2ccc(O)cc21. The quantitative estimate of drug-likeness (QED) is 0.355. The fraction of sp³-hybridized carbons (Fsp3) is 0.412. The van der Waals surface area contributed by atoms with Crippen LogP contribution in [0.5, 0.6) is 17.2 Å². The van der Waals surface area contributed by atoms with Crippen LogP contribution < -0.4 is 14.4 Å². The van der Waals surface area contributed by atoms with E-state index in [1.807, 2.05) is 12.1 Å². The van der Waals surface area contributed by atoms with E-state index in [1.54, 1.807) is 6.07 Å². The fourth-order valence-electron chi connectivity index (χ4n) is 6.32. The van der Waals surface area contributed by atoms with E-state index < -0.39 is 0 Å². The molecule has 0 saturated carbocycles. The van der Waals surface area contributed by atoms with Gasteiger partial charge in [-0.05, 0) is 105 Å². The van der Waals surface area contributed by atoms with Gasteiger partial charge in [-0.15, -0.1) is 0 Å². The second-order valence-electron chi connectivity index (χ2n) is 11.6. The van der Waals surface area contributed by atoms with Crippen LogP contribution in [-0.4, -0.2) is 48.8 Å². The van der Waals surface area contributed by atoms with Gasteiger partial charge in [-0.25, -0.2) is 0 Å². The van der Waals surface area contributed by atoms with E-state index in [0.717, 1.165) is 71.4 Å². The average Bonchev–Trinajstić information content (AvgIpc) is 3.65. The van der Waals surface area contributed by atoms with Gasteiger partial charge in [0.25, 0.3) is 0 Å². The van der Waals surface area contributed by atoms with Crippen LogP contribution in [0.1, 0.15) is 62.8 Å². The van der Waals surface area contributed by atoms with Gasteiger partial charge < -0.3 is 19.5 Å². The van der Waals surface area contributed by atoms with Gasteiger partial charge in [0, 0.05) is 42.5 Å². The zero-order chi connectivity index (χ0) is 26.9. The molecule has 0 amide bonds. The van der Waals surface area contributed by atoms with E-state index >= 15 is 0 Å². The summed E-state index contributed by atoms with van der Waals surface area (Å²) in [5.41, 5.74) is 6.71. The zero-order valence-electron chi connectivity index (χ0n) is 23.4. The molecule has 3 atom stereocenters. The highest BCUT2D eigenvalue weighted by Crippen LogP contribution is 2.48. The number of allylic oxidation sites excluding steroid dienone is 1. The Morgan fingerprint density at radius 2 is 1.79 bits per heavy atom. The Hall–Kier alpha value is -3.44. The molecule has 5 heteroatoms. The van der Waals surface area contributed by atoms with Gasteiger partial charge in [0.1, 0.15) is 30.0 Å². The van der Waals surface area contributed by atoms with Crippen LogP contribution in [0.25, 0.3) is 11.1 Å². The van der Waals surface area contributed by atoms with Crippen LogP contribution in [0.4, 0.5) is 5.69 Å². The zero-order valence-corrected chi connectivity index (χ0v) is 23.4. The molecule has 3 aliphatic heterocycles. The summed E-state index contributed by atoms with van der Waals surface area (Å²) in [6, 6.07) is 23.0. The normalized spacial score (nSPS) is 22.1. The molecule has 1 N–H and O–H groups in total. The largest absolute Gasteiger partial charge is 0.508 e. The van der Waals surface area contributed by atoms with Crippen LogP contribution in [0, 0.1) is 5.92 Å². The molecule has 2 fully saturated rings. The lowest BCUT2D eigenvalue weighted by Crippen LogP contribution is -2.35. The summed E-state index contributed by atoms with van der Waals surface area (Å²) in [6.07, 6.45) is 3.51. The Morgan fingerprint density at radius 3 is 2.54 bits per heavy atom. The van der Waals surface area contributed by atoms with E-state index in [0.29, 0.717) is 12.6 Å². The van der Waals surface area contributed by atoms with Gasteiger partial charge in [-0.3, -0.25) is 4.90 Å². The van der Waals surface area contributed by atoms with Gasteiger partial charge in [0.2, 0.25) is 0 Å². The highest BCUT2D eigenvalue weighted by molar-refractivity contribution is 5.96. The van der Waals surface area contributed by atoms with Crippen molar-refractivity contribution < 1.29 is 14.6 Å². The van der Waals surface area contributed by atoms with Crippen molar-refractivity contribution in [1.82, 2.24) is 4.90 Å². The lowest BCUT2D eigenvalue weighted by Gasteiger charge is -2.32. The summed E-state index contributed by atoms with van der Waals surface area (Å²) in [5, 5.41) is 10.2. The van der Waals surface area contributed by atoms with Crippen molar-refractivity contribution in [3.63, 3.8) is 0 Å². The fourth-order valence-corrected chi connectivity index (χ4v) is 6.32. The molecule has 5 nitrogen and oxygen atoms in total. The first-order valence-corrected chi connectivity index (χ1v) is 14.5. The smallest absolute Gasteiger partial charge is 0.150 e. The maximum Gasteiger partial charge on any atom is 0.150 e. The third kappa shape index (κ3) is 5.38. The number of aromatic hydroxyl groups is 1. The lowest BCUT2D eigenvalue weighted by atomic mass is 9.86. The number of anilines is 1. The first-order valence-electron chi connectivity index (χ1n) is 14.5. The summed E-state index contributed by atoms with van der Waals surface area (Å²) in [4.78, 5) is 4.99. The lowest BCUT2D eigenvalue weighted by molar-refractivity contribution is 0.169. The van der Waals surface area contributed by atoms with Crippen LogP contribution in [0.15, 0.2) is 66.7 Å². The number of phenolic OH excluding ortho intramolecular Hbond substituents is 1. The van der Waals surface area contributed by atoms with Gasteiger partial charge in [-0.1, -0.05) is 31.2 Å². The highest BCUT2D eigenvalue weighted by Gasteiger charge is 2.30. The molecule has 204 valence electrons. The van der Waals surface area contributed by atoms with Gasteiger partial charge in [0.15, 0.2) is 0 Å². The third-order valence-corrected chi connectivity index (χ3v) is 8.66. The van der Waals surface area contributed by atoms with Crippen molar-refractivity contribution >= 4 is 16.8 Å². The first kappa shape index (κ1) is 25.8. The third-order valence-electron chi connectivity index (χ3n) is 8.66. The highest BCUT2D eigenvalue weighted by atomic mass is 16.5. The number of ether oxygens (including phenoxy) is 2. The van der Waals surface area contributed by atoms with E-state index in [9.17, 15) is 5.11 Å². The van der Waals surface area contributed by atoms with Gasteiger partial charge in [-0.2, -0.15) is 0 Å². The maximum absolute atomic E-state index is 10.2. The molecule has 0 aromatic heterocycles. The Morgan fingerprint density at radius 1 is 1.00 bits per heavy atom. The molecule has 39 heavy (non-hydrogen) atoms. The second kappa shape index (κ2) is 11.0. The van der Waals surface area contributed by atoms with Crippen molar-refractivity contribution in [3.05, 3.63) is 83.4 Å². The second-order valence-corrected chi connectivity index (χ2v) is 11.6. The predicted molar refractivity (Wildman–Crippen MR) is 159 cm³/mol. The molecule has 0 spiro atoms. The Bertz CT molecular complexity index is 1340. The number of phenols is 1. The Kier molecular flexibility index (Phi) is 7.26. The minimum Gasteiger partial charge on any atom is -0.508 e. The Balaban J connectivity index is 1.28. The number of rotatable bonds is 7. The van der Waals surface area contributed by atoms with Gasteiger partial charge in [0.05, 0.1) is 0 Å². The first-order chi connectivity index (χ1) is 19.0. The minimum atomic E-state index is -0.255. The molecule has 3 aromatic rings. The number of likely N-dealkylation sites (tertiary alicyclic amines) is 1. The standard InChI is InChI=1S/C34H40N2O3/c1-23-15-18-36(21-23)24(2)22-38-30-12-9-26(10-13-30)34-33(25(3)31-20-29(37)11-14-32(31)39-34)27-7-6-8-28(19-27)35-16-4-5-17-35/h6-14,19-20,23-24,34,37H,4-5,15-18,21-22H2,1-3H3/t23-,24+,34?/m1/s1. The van der Waals surface area contributed by atoms with Crippen molar-refractivity contribution in [1.29, 1.82) is 0 Å². The summed E-state index contributed by atoms with van der Waals surface area (Å²) in [5.74, 6) is 2.71. The maximum atomic E-state index is 10.2. The molecule has 0 radical (unpaired) electrons. The number of fused-ring (bicyclic) bond motifs is 1. The van der Waals surface area contributed by atoms with E-state index in [2.05, 4.69) is 79.1 Å². The summed E-state index contributed by atoms with van der Waals surface area (Å²) in [6.45, 7) is 12.0. The molecule has 1 unspecified atom stereocenters. The van der Waals surface area contributed by atoms with Crippen LogP contribution in [-0.2, 0) is 0 Å².